The van der Waals surface area contributed by atoms with E-state index in [0.717, 1.165) is 29.4 Å². The average Bonchev–Trinajstić information content (AvgIpc) is 2.82. The van der Waals surface area contributed by atoms with E-state index in [-0.39, 0.29) is 18.2 Å². The number of carbonyl (C=O) groups is 2. The van der Waals surface area contributed by atoms with Gasteiger partial charge in [0.05, 0.1) is 12.1 Å². The highest BCUT2D eigenvalue weighted by Crippen LogP contribution is 2.35. The molecular weight excluding hydrogens is 418 g/mol. The molecule has 1 N–H and O–H groups in total. The molecule has 0 bridgehead atoms. The largest absolute Gasteiger partial charge is 0.481 e. The van der Waals surface area contributed by atoms with Crippen LogP contribution >= 0.6 is 0 Å². The van der Waals surface area contributed by atoms with Crippen molar-refractivity contribution < 1.29 is 19.4 Å². The maximum absolute atomic E-state index is 12.9. The third-order valence-electron chi connectivity index (χ3n) is 5.98. The van der Waals surface area contributed by atoms with Crippen LogP contribution in [0.4, 0.5) is 5.69 Å². The number of likely N-dealkylation sites (tertiary alicyclic amines) is 1. The number of nitrogens with zero attached hydrogens (tertiary/aromatic N) is 3. The summed E-state index contributed by atoms with van der Waals surface area (Å²) in [5.41, 5.74) is 3.05. The lowest BCUT2D eigenvalue weighted by molar-refractivity contribution is -0.143. The molecule has 2 atom stereocenters. The number of aromatic nitrogens is 1. The van der Waals surface area contributed by atoms with E-state index in [0.29, 0.717) is 30.0 Å². The molecule has 4 rings (SSSR count). The van der Waals surface area contributed by atoms with E-state index in [1.807, 2.05) is 30.3 Å². The summed E-state index contributed by atoms with van der Waals surface area (Å²) in [4.78, 5) is 33.7. The van der Waals surface area contributed by atoms with Crippen molar-refractivity contribution in [2.75, 3.05) is 13.1 Å². The first-order valence-electron chi connectivity index (χ1n) is 11.0. The lowest BCUT2D eigenvalue weighted by Gasteiger charge is -2.33. The second-order valence-electron chi connectivity index (χ2n) is 8.32. The summed E-state index contributed by atoms with van der Waals surface area (Å²) in [6.07, 6.45) is 2.70. The predicted molar refractivity (Wildman–Crippen MR) is 125 cm³/mol. The highest BCUT2D eigenvalue weighted by Gasteiger charge is 2.29. The van der Waals surface area contributed by atoms with Gasteiger partial charge in [-0.3, -0.25) is 14.6 Å². The third kappa shape index (κ3) is 4.96. The Morgan fingerprint density at radius 1 is 1.24 bits per heavy atom. The molecule has 1 fully saturated rings. The number of amides is 1. The zero-order chi connectivity index (χ0) is 23.4. The average molecular weight is 444 g/mol. The topological polar surface area (TPSA) is 84.1 Å². The van der Waals surface area contributed by atoms with Gasteiger partial charge >= 0.3 is 5.97 Å². The van der Waals surface area contributed by atoms with Gasteiger partial charge in [0.25, 0.3) is 5.91 Å². The lowest BCUT2D eigenvalue weighted by Crippen LogP contribution is -2.46. The number of piperidine rings is 1. The monoisotopic (exact) mass is 443 g/mol. The van der Waals surface area contributed by atoms with Gasteiger partial charge < -0.3 is 14.7 Å². The van der Waals surface area contributed by atoms with Crippen molar-refractivity contribution in [3.63, 3.8) is 0 Å². The first kappa shape index (κ1) is 22.3. The number of carboxylic acids is 1. The highest BCUT2D eigenvalue weighted by molar-refractivity contribution is 5.98. The summed E-state index contributed by atoms with van der Waals surface area (Å²) in [5, 5.41) is 9.95. The van der Waals surface area contributed by atoms with Gasteiger partial charge in [-0.15, -0.1) is 0 Å². The summed E-state index contributed by atoms with van der Waals surface area (Å²) >= 11 is 0. The fourth-order valence-electron chi connectivity index (χ4n) is 4.43. The Morgan fingerprint density at radius 2 is 2.06 bits per heavy atom. The third-order valence-corrected chi connectivity index (χ3v) is 5.98. The van der Waals surface area contributed by atoms with Gasteiger partial charge in [-0.1, -0.05) is 24.3 Å². The summed E-state index contributed by atoms with van der Waals surface area (Å²) in [7, 11) is 0. The molecule has 3 aromatic rings. The molecule has 2 aromatic carbocycles. The summed E-state index contributed by atoms with van der Waals surface area (Å²) < 4.78 is 5.95. The Labute approximate surface area is 192 Å². The van der Waals surface area contributed by atoms with E-state index in [2.05, 4.69) is 9.83 Å². The number of carbonyl (C=O) groups excluding carboxylic acids is 1. The fourth-order valence-corrected chi connectivity index (χ4v) is 4.43. The van der Waals surface area contributed by atoms with Crippen LogP contribution in [0.2, 0.25) is 0 Å². The molecule has 0 unspecified atom stereocenters. The number of pyridine rings is 1. The van der Waals surface area contributed by atoms with Gasteiger partial charge in [-0.2, -0.15) is 0 Å². The molecule has 1 amide bonds. The molecule has 33 heavy (non-hydrogen) atoms. The van der Waals surface area contributed by atoms with Crippen molar-refractivity contribution in [2.24, 2.45) is 5.92 Å². The normalized spacial score (nSPS) is 16.7. The first-order valence-corrected chi connectivity index (χ1v) is 11.0. The van der Waals surface area contributed by atoms with Crippen LogP contribution < -0.4 is 4.74 Å². The molecule has 1 saturated heterocycles. The van der Waals surface area contributed by atoms with Crippen molar-refractivity contribution in [2.45, 2.75) is 32.3 Å². The van der Waals surface area contributed by atoms with Crippen LogP contribution in [0.15, 0.2) is 54.7 Å². The number of rotatable bonds is 6. The van der Waals surface area contributed by atoms with Gasteiger partial charge in [0.15, 0.2) is 11.8 Å². The Kier molecular flexibility index (Phi) is 6.55. The number of hydrogen-bond donors (Lipinski definition) is 1. The van der Waals surface area contributed by atoms with Crippen LogP contribution in [0.1, 0.15) is 26.2 Å². The molecule has 0 spiro atoms. The SMILES string of the molecule is [C-]#[N+]c1ccccc1-c1ccnc2cc(O[C@H](C)C(=O)N3CCC[C@H](CC(=O)O)C3)ccc12. The molecule has 7 heteroatoms. The molecule has 168 valence electrons. The van der Waals surface area contributed by atoms with Crippen LogP contribution in [0.5, 0.6) is 5.75 Å². The number of fused-ring (bicyclic) bond motifs is 1. The van der Waals surface area contributed by atoms with E-state index in [1.54, 1.807) is 36.2 Å². The van der Waals surface area contributed by atoms with Crippen molar-refractivity contribution in [3.8, 4) is 16.9 Å². The Morgan fingerprint density at radius 3 is 2.85 bits per heavy atom. The Hall–Kier alpha value is -3.92. The van der Waals surface area contributed by atoms with Crippen LogP contribution in [-0.2, 0) is 9.59 Å². The Balaban J connectivity index is 1.52. The second-order valence-corrected chi connectivity index (χ2v) is 8.32. The maximum Gasteiger partial charge on any atom is 0.303 e. The molecule has 1 aliphatic rings. The first-order chi connectivity index (χ1) is 16.0. The van der Waals surface area contributed by atoms with E-state index < -0.39 is 12.1 Å². The lowest BCUT2D eigenvalue weighted by atomic mass is 9.94. The molecule has 0 aliphatic carbocycles. The number of ether oxygens (including phenoxy) is 1. The molecule has 1 aliphatic heterocycles. The van der Waals surface area contributed by atoms with E-state index in [4.69, 9.17) is 16.4 Å². The molecule has 1 aromatic heterocycles. The van der Waals surface area contributed by atoms with Gasteiger partial charge in [0, 0.05) is 37.2 Å². The van der Waals surface area contributed by atoms with Gasteiger partial charge in [-0.05, 0) is 55.0 Å². The van der Waals surface area contributed by atoms with Crippen molar-refractivity contribution >= 4 is 28.5 Å². The van der Waals surface area contributed by atoms with Crippen LogP contribution in [0.25, 0.3) is 26.9 Å². The second kappa shape index (κ2) is 9.70. The number of aliphatic carboxylic acids is 1. The molecule has 2 heterocycles. The molecule has 7 nitrogen and oxygen atoms in total. The molecular formula is C26H25N3O4. The van der Waals surface area contributed by atoms with Gasteiger partial charge in [-0.25, -0.2) is 4.85 Å². The summed E-state index contributed by atoms with van der Waals surface area (Å²) in [6, 6.07) is 14.9. The van der Waals surface area contributed by atoms with Crippen LogP contribution in [0.3, 0.4) is 0 Å². The zero-order valence-electron chi connectivity index (χ0n) is 18.4. The van der Waals surface area contributed by atoms with E-state index in [9.17, 15) is 9.59 Å². The minimum absolute atomic E-state index is 0.0194. The van der Waals surface area contributed by atoms with Crippen LogP contribution in [0, 0.1) is 12.5 Å². The van der Waals surface area contributed by atoms with Crippen LogP contribution in [-0.4, -0.2) is 46.1 Å². The summed E-state index contributed by atoms with van der Waals surface area (Å²) in [6.45, 7) is 10.2. The smallest absolute Gasteiger partial charge is 0.303 e. The molecule has 0 radical (unpaired) electrons. The summed E-state index contributed by atoms with van der Waals surface area (Å²) in [5.74, 6) is -0.460. The van der Waals surface area contributed by atoms with E-state index in [1.165, 1.54) is 0 Å². The molecule has 0 saturated carbocycles. The van der Waals surface area contributed by atoms with Crippen molar-refractivity contribution in [3.05, 3.63) is 66.1 Å². The number of hydrogen-bond acceptors (Lipinski definition) is 4. The predicted octanol–water partition coefficient (Wildman–Crippen LogP) is 4.93. The van der Waals surface area contributed by atoms with E-state index >= 15 is 0 Å². The zero-order valence-corrected chi connectivity index (χ0v) is 18.4. The number of carboxylic acid groups (broad SMARTS) is 1. The van der Waals surface area contributed by atoms with Gasteiger partial charge in [0.2, 0.25) is 0 Å². The maximum atomic E-state index is 12.9. The van der Waals surface area contributed by atoms with Crippen molar-refractivity contribution in [1.82, 2.24) is 9.88 Å². The minimum atomic E-state index is -0.833. The standard InChI is InChI=1S/C26H25N3O4/c1-17(26(32)29-13-5-6-18(16-29)14-25(30)31)33-19-9-10-22-20(11-12-28-24(22)15-19)21-7-3-4-8-23(21)27-2/h3-4,7-12,15,17-18H,5-6,13-14,16H2,1H3,(H,30,31)/t17-,18-/m1/s1. The van der Waals surface area contributed by atoms with Crippen molar-refractivity contribution in [1.29, 1.82) is 0 Å². The van der Waals surface area contributed by atoms with Gasteiger partial charge in [0.1, 0.15) is 5.75 Å². The quantitative estimate of drug-likeness (QED) is 0.546. The fraction of sp³-hybridized carbons (Fsp3) is 0.308. The Bertz CT molecular complexity index is 1230. The highest BCUT2D eigenvalue weighted by atomic mass is 16.5. The number of benzene rings is 2. The minimum Gasteiger partial charge on any atom is -0.481 e. The number of para-hydroxylation sites is 1.